The molecule has 1 aromatic carbocycles. The summed E-state index contributed by atoms with van der Waals surface area (Å²) in [6.45, 7) is 1.87. The lowest BCUT2D eigenvalue weighted by molar-refractivity contribution is 0.0724. The first-order chi connectivity index (χ1) is 15.1. The number of fused-ring (bicyclic) bond motifs is 1. The van der Waals surface area contributed by atoms with Crippen molar-refractivity contribution < 1.29 is 9.59 Å². The fourth-order valence-electron chi connectivity index (χ4n) is 4.71. The lowest BCUT2D eigenvalue weighted by Gasteiger charge is -2.40. The molecule has 3 amide bonds. The summed E-state index contributed by atoms with van der Waals surface area (Å²) in [4.78, 5) is 32.2. The highest BCUT2D eigenvalue weighted by Gasteiger charge is 2.51. The number of carbonyl (C=O) groups excluding carboxylic acids is 2. The largest absolute Gasteiger partial charge is 0.337 e. The maximum Gasteiger partial charge on any atom is 0.319 e. The van der Waals surface area contributed by atoms with Crippen LogP contribution in [0.25, 0.3) is 0 Å². The topological polar surface area (TPSA) is 110 Å². The van der Waals surface area contributed by atoms with Crippen LogP contribution < -0.4 is 10.6 Å². The number of urea groups is 1. The Morgan fingerprint density at radius 2 is 1.90 bits per heavy atom. The van der Waals surface area contributed by atoms with E-state index in [1.54, 1.807) is 24.0 Å². The number of benzene rings is 1. The van der Waals surface area contributed by atoms with E-state index in [9.17, 15) is 9.59 Å². The van der Waals surface area contributed by atoms with Crippen LogP contribution in [0.5, 0.6) is 0 Å². The Bertz CT molecular complexity index is 1110. The second-order valence-electron chi connectivity index (χ2n) is 8.17. The summed E-state index contributed by atoms with van der Waals surface area (Å²) < 4.78 is 3.43. The first-order valence-corrected chi connectivity index (χ1v) is 10.3. The molecule has 10 nitrogen and oxygen atoms in total. The van der Waals surface area contributed by atoms with Gasteiger partial charge in [-0.15, -0.1) is 0 Å². The summed E-state index contributed by atoms with van der Waals surface area (Å²) in [7, 11) is 1.76. The zero-order chi connectivity index (χ0) is 21.4. The van der Waals surface area contributed by atoms with Crippen LogP contribution in [0.2, 0.25) is 0 Å². The third-order valence-corrected chi connectivity index (χ3v) is 6.36. The molecule has 1 spiro atoms. The smallest absolute Gasteiger partial charge is 0.319 e. The Balaban J connectivity index is 1.39. The molecule has 0 aliphatic carbocycles. The van der Waals surface area contributed by atoms with Gasteiger partial charge in [0.15, 0.2) is 0 Å². The minimum atomic E-state index is -0.350. The number of anilines is 1. The van der Waals surface area contributed by atoms with Crippen LogP contribution in [0.3, 0.4) is 0 Å². The quantitative estimate of drug-likeness (QED) is 0.672. The molecular formula is C21H24N8O2. The number of nitrogens with zero attached hydrogens (tertiary/aromatic N) is 6. The van der Waals surface area contributed by atoms with Crippen LogP contribution in [0.15, 0.2) is 48.9 Å². The van der Waals surface area contributed by atoms with E-state index in [1.165, 1.54) is 6.33 Å². The fourth-order valence-corrected chi connectivity index (χ4v) is 4.71. The molecule has 31 heavy (non-hydrogen) atoms. The Morgan fingerprint density at radius 1 is 1.10 bits per heavy atom. The number of likely N-dealkylation sites (tertiary alicyclic amines) is 1. The molecule has 0 saturated carbocycles. The van der Waals surface area contributed by atoms with Gasteiger partial charge in [-0.25, -0.2) is 14.5 Å². The van der Waals surface area contributed by atoms with E-state index in [2.05, 4.69) is 25.8 Å². The van der Waals surface area contributed by atoms with Gasteiger partial charge in [-0.05, 0) is 31.0 Å². The first kappa shape index (κ1) is 19.3. The van der Waals surface area contributed by atoms with Gasteiger partial charge in [0.25, 0.3) is 5.91 Å². The second-order valence-corrected chi connectivity index (χ2v) is 8.17. The lowest BCUT2D eigenvalue weighted by atomic mass is 9.74. The minimum Gasteiger partial charge on any atom is -0.337 e. The molecule has 5 rings (SSSR count). The van der Waals surface area contributed by atoms with Gasteiger partial charge >= 0.3 is 6.03 Å². The van der Waals surface area contributed by atoms with Crippen molar-refractivity contribution in [1.29, 1.82) is 0 Å². The summed E-state index contributed by atoms with van der Waals surface area (Å²) >= 11 is 0. The van der Waals surface area contributed by atoms with Crippen LogP contribution in [0.1, 0.15) is 35.2 Å². The van der Waals surface area contributed by atoms with Gasteiger partial charge in [-0.2, -0.15) is 10.2 Å². The van der Waals surface area contributed by atoms with Crippen molar-refractivity contribution in [3.05, 3.63) is 60.4 Å². The molecule has 0 radical (unpaired) electrons. The Labute approximate surface area is 179 Å². The Morgan fingerprint density at radius 3 is 2.68 bits per heavy atom. The van der Waals surface area contributed by atoms with E-state index in [-0.39, 0.29) is 23.4 Å². The van der Waals surface area contributed by atoms with Crippen LogP contribution in [-0.2, 0) is 13.6 Å². The molecule has 2 N–H and O–H groups in total. The Kier molecular flexibility index (Phi) is 4.68. The van der Waals surface area contributed by atoms with Gasteiger partial charge in [0, 0.05) is 44.0 Å². The van der Waals surface area contributed by atoms with Crippen LogP contribution in [0, 0.1) is 5.41 Å². The highest BCUT2D eigenvalue weighted by molar-refractivity contribution is 5.93. The number of hydrogen-bond acceptors (Lipinski definition) is 5. The van der Waals surface area contributed by atoms with Gasteiger partial charge in [0.05, 0.1) is 6.04 Å². The lowest BCUT2D eigenvalue weighted by Crippen LogP contribution is -2.49. The summed E-state index contributed by atoms with van der Waals surface area (Å²) in [5.41, 5.74) is 0.971. The molecule has 0 unspecified atom stereocenters. The number of para-hydroxylation sites is 1. The zero-order valence-electron chi connectivity index (χ0n) is 17.2. The monoisotopic (exact) mass is 420 g/mol. The maximum atomic E-state index is 13.1. The summed E-state index contributed by atoms with van der Waals surface area (Å²) in [6, 6.07) is 10.4. The molecule has 3 aromatic rings. The summed E-state index contributed by atoms with van der Waals surface area (Å²) in [6.07, 6.45) is 4.72. The number of hydrogen-bond donors (Lipinski definition) is 2. The number of aryl methyl sites for hydroxylation is 2. The Hall–Kier alpha value is -3.69. The molecule has 1 fully saturated rings. The highest BCUT2D eigenvalue weighted by atomic mass is 16.2. The van der Waals surface area contributed by atoms with E-state index in [1.807, 2.05) is 39.9 Å². The van der Waals surface area contributed by atoms with Crippen LogP contribution >= 0.6 is 0 Å². The molecule has 0 bridgehead atoms. The van der Waals surface area contributed by atoms with E-state index < -0.39 is 0 Å². The van der Waals surface area contributed by atoms with E-state index in [0.29, 0.717) is 31.0 Å². The van der Waals surface area contributed by atoms with E-state index in [4.69, 9.17) is 0 Å². The minimum absolute atomic E-state index is 0.0450. The number of aromatic nitrogens is 5. The highest BCUT2D eigenvalue weighted by Crippen LogP contribution is 2.47. The van der Waals surface area contributed by atoms with Gasteiger partial charge in [-0.1, -0.05) is 18.2 Å². The molecule has 2 atom stereocenters. The second kappa shape index (κ2) is 7.53. The molecule has 4 heterocycles. The molecule has 2 aliphatic heterocycles. The predicted octanol–water partition coefficient (Wildman–Crippen LogP) is 1.81. The van der Waals surface area contributed by atoms with Gasteiger partial charge in [-0.3, -0.25) is 9.48 Å². The normalized spacial score (nSPS) is 22.4. The van der Waals surface area contributed by atoms with E-state index >= 15 is 0 Å². The van der Waals surface area contributed by atoms with Crippen LogP contribution in [-0.4, -0.2) is 54.5 Å². The third-order valence-electron chi connectivity index (χ3n) is 6.36. The molecule has 10 heteroatoms. The van der Waals surface area contributed by atoms with Crippen LogP contribution in [0.4, 0.5) is 10.5 Å². The van der Waals surface area contributed by atoms with E-state index in [0.717, 1.165) is 18.7 Å². The average molecular weight is 420 g/mol. The molecular weight excluding hydrogens is 396 g/mol. The number of nitrogens with one attached hydrogen (secondary N) is 2. The first-order valence-electron chi connectivity index (χ1n) is 10.3. The third kappa shape index (κ3) is 3.43. The molecule has 160 valence electrons. The molecule has 1 saturated heterocycles. The van der Waals surface area contributed by atoms with Gasteiger partial charge in [0.2, 0.25) is 0 Å². The average Bonchev–Trinajstić information content (AvgIpc) is 3.51. The SMILES string of the molecule is Cn1nccc1C(=O)N1CC[C@]2(CCn3ncnc3[C@H]2NC(=O)Nc2ccccc2)C1. The van der Waals surface area contributed by atoms with Crippen molar-refractivity contribution in [1.82, 2.24) is 34.8 Å². The number of rotatable bonds is 3. The maximum absolute atomic E-state index is 13.1. The molecule has 2 aromatic heterocycles. The van der Waals surface area contributed by atoms with Gasteiger partial charge in [0.1, 0.15) is 17.8 Å². The summed E-state index contributed by atoms with van der Waals surface area (Å²) in [5, 5.41) is 14.4. The van der Waals surface area contributed by atoms with Crippen molar-refractivity contribution in [2.24, 2.45) is 12.5 Å². The van der Waals surface area contributed by atoms with Crippen molar-refractivity contribution in [2.45, 2.75) is 25.4 Å². The summed E-state index contributed by atoms with van der Waals surface area (Å²) in [5.74, 6) is 0.681. The van der Waals surface area contributed by atoms with Crippen molar-refractivity contribution in [3.63, 3.8) is 0 Å². The van der Waals surface area contributed by atoms with Crippen molar-refractivity contribution >= 4 is 17.6 Å². The number of amides is 3. The zero-order valence-corrected chi connectivity index (χ0v) is 17.2. The van der Waals surface area contributed by atoms with Gasteiger partial charge < -0.3 is 15.5 Å². The predicted molar refractivity (Wildman–Crippen MR) is 112 cm³/mol. The number of carbonyl (C=O) groups is 2. The van der Waals surface area contributed by atoms with Crippen molar-refractivity contribution in [2.75, 3.05) is 18.4 Å². The van der Waals surface area contributed by atoms with Crippen molar-refractivity contribution in [3.8, 4) is 0 Å². The fraction of sp³-hybridized carbons (Fsp3) is 0.381. The standard InChI is InChI=1S/C21H24N8O2/c1-27-16(7-10-23-27)19(30)28-11-8-21(13-28)9-12-29-18(22-14-24-29)17(21)26-20(31)25-15-5-3-2-4-6-15/h2-7,10,14,17H,8-9,11-13H2,1H3,(H2,25,26,31)/t17-,21+/m1/s1. The molecule has 2 aliphatic rings.